The van der Waals surface area contributed by atoms with Gasteiger partial charge in [0.05, 0.1) is 7.11 Å². The lowest BCUT2D eigenvalue weighted by molar-refractivity contribution is -0.127. The largest absolute Gasteiger partial charge is 0.497 e. The number of benzene rings is 1. The van der Waals surface area contributed by atoms with Crippen LogP contribution in [-0.2, 0) is 16.0 Å². The molecule has 0 radical (unpaired) electrons. The Morgan fingerprint density at radius 2 is 1.95 bits per heavy atom. The number of nitrogens with one attached hydrogen (secondary N) is 2. The van der Waals surface area contributed by atoms with E-state index in [0.717, 1.165) is 17.7 Å². The zero-order valence-corrected chi connectivity index (χ0v) is 12.6. The molecular weight excluding hydrogens is 276 g/mol. The molecule has 1 unspecified atom stereocenters. The van der Waals surface area contributed by atoms with Crippen molar-refractivity contribution in [2.45, 2.75) is 19.4 Å². The first kappa shape index (κ1) is 16.4. The maximum Gasteiger partial charge on any atom is 0.243 e. The van der Waals surface area contributed by atoms with E-state index < -0.39 is 6.04 Å². The van der Waals surface area contributed by atoms with Gasteiger partial charge < -0.3 is 15.4 Å². The molecule has 0 aliphatic carbocycles. The van der Waals surface area contributed by atoms with Gasteiger partial charge in [-0.2, -0.15) is 12.6 Å². The Kier molecular flexibility index (Phi) is 6.93. The Balaban J connectivity index is 2.38. The SMILES string of the molecule is COc1ccc(CCNC(=O)C(CS)NC(C)=O)cc1. The second kappa shape index (κ2) is 8.47. The summed E-state index contributed by atoms with van der Waals surface area (Å²) in [6.45, 7) is 1.89. The van der Waals surface area contributed by atoms with Crippen molar-refractivity contribution in [3.8, 4) is 5.75 Å². The third kappa shape index (κ3) is 5.52. The maximum atomic E-state index is 11.8. The molecule has 0 aliphatic rings. The van der Waals surface area contributed by atoms with Crippen molar-refractivity contribution in [3.05, 3.63) is 29.8 Å². The fourth-order valence-corrected chi connectivity index (χ4v) is 1.94. The van der Waals surface area contributed by atoms with E-state index in [-0.39, 0.29) is 17.6 Å². The molecule has 6 heteroatoms. The Morgan fingerprint density at radius 1 is 1.30 bits per heavy atom. The molecule has 2 N–H and O–H groups in total. The summed E-state index contributed by atoms with van der Waals surface area (Å²) in [7, 11) is 1.62. The smallest absolute Gasteiger partial charge is 0.243 e. The highest BCUT2D eigenvalue weighted by atomic mass is 32.1. The molecule has 0 aliphatic heterocycles. The van der Waals surface area contributed by atoms with Crippen LogP contribution in [0.2, 0.25) is 0 Å². The Morgan fingerprint density at radius 3 is 2.45 bits per heavy atom. The predicted octanol–water partition coefficient (Wildman–Crippen LogP) is 0.788. The van der Waals surface area contributed by atoms with Gasteiger partial charge in [0.2, 0.25) is 11.8 Å². The van der Waals surface area contributed by atoms with Crippen molar-refractivity contribution >= 4 is 24.4 Å². The van der Waals surface area contributed by atoms with E-state index in [0.29, 0.717) is 6.54 Å². The summed E-state index contributed by atoms with van der Waals surface area (Å²) in [6, 6.07) is 7.08. The van der Waals surface area contributed by atoms with Crippen LogP contribution in [0, 0.1) is 0 Å². The highest BCUT2D eigenvalue weighted by Gasteiger charge is 2.16. The second-order valence-electron chi connectivity index (χ2n) is 4.32. The normalized spacial score (nSPS) is 11.6. The number of thiol groups is 1. The van der Waals surface area contributed by atoms with Crippen molar-refractivity contribution in [1.82, 2.24) is 10.6 Å². The summed E-state index contributed by atoms with van der Waals surface area (Å²) in [6.07, 6.45) is 0.717. The molecule has 0 saturated carbocycles. The lowest BCUT2D eigenvalue weighted by atomic mass is 10.1. The molecule has 1 aromatic carbocycles. The van der Waals surface area contributed by atoms with Crippen molar-refractivity contribution in [1.29, 1.82) is 0 Å². The van der Waals surface area contributed by atoms with Gasteiger partial charge in [0.25, 0.3) is 0 Å². The first-order valence-corrected chi connectivity index (χ1v) is 6.98. The van der Waals surface area contributed by atoms with Gasteiger partial charge in [-0.3, -0.25) is 9.59 Å². The summed E-state index contributed by atoms with van der Waals surface area (Å²) in [5.41, 5.74) is 1.10. The van der Waals surface area contributed by atoms with Gasteiger partial charge >= 0.3 is 0 Å². The Labute approximate surface area is 124 Å². The minimum absolute atomic E-state index is 0.219. The summed E-state index contributed by atoms with van der Waals surface area (Å²) in [5.74, 6) is 0.616. The van der Waals surface area contributed by atoms with Gasteiger partial charge in [0.1, 0.15) is 11.8 Å². The van der Waals surface area contributed by atoms with Crippen molar-refractivity contribution in [2.24, 2.45) is 0 Å². The van der Waals surface area contributed by atoms with Crippen LogP contribution in [0.25, 0.3) is 0 Å². The van der Waals surface area contributed by atoms with E-state index in [1.54, 1.807) is 7.11 Å². The third-order valence-corrected chi connectivity index (χ3v) is 3.11. The van der Waals surface area contributed by atoms with Crippen LogP contribution in [0.4, 0.5) is 0 Å². The molecule has 1 aromatic rings. The molecule has 0 bridgehead atoms. The molecule has 20 heavy (non-hydrogen) atoms. The molecule has 0 spiro atoms. The highest BCUT2D eigenvalue weighted by Crippen LogP contribution is 2.11. The van der Waals surface area contributed by atoms with E-state index in [2.05, 4.69) is 23.3 Å². The van der Waals surface area contributed by atoms with Crippen LogP contribution >= 0.6 is 12.6 Å². The topological polar surface area (TPSA) is 67.4 Å². The molecule has 2 amide bonds. The molecule has 0 aromatic heterocycles. The lowest BCUT2D eigenvalue weighted by Crippen LogP contribution is -2.47. The first-order valence-electron chi connectivity index (χ1n) is 6.35. The van der Waals surface area contributed by atoms with E-state index in [1.807, 2.05) is 24.3 Å². The maximum absolute atomic E-state index is 11.8. The van der Waals surface area contributed by atoms with E-state index in [9.17, 15) is 9.59 Å². The van der Waals surface area contributed by atoms with E-state index >= 15 is 0 Å². The van der Waals surface area contributed by atoms with Crippen molar-refractivity contribution in [2.75, 3.05) is 19.4 Å². The van der Waals surface area contributed by atoms with Gasteiger partial charge in [-0.1, -0.05) is 12.1 Å². The zero-order chi connectivity index (χ0) is 15.0. The lowest BCUT2D eigenvalue weighted by Gasteiger charge is -2.15. The average molecular weight is 296 g/mol. The van der Waals surface area contributed by atoms with Gasteiger partial charge in [-0.15, -0.1) is 0 Å². The summed E-state index contributed by atoms with van der Waals surface area (Å²) in [4.78, 5) is 22.7. The van der Waals surface area contributed by atoms with Gasteiger partial charge in [-0.25, -0.2) is 0 Å². The van der Waals surface area contributed by atoms with Gasteiger partial charge in [0.15, 0.2) is 0 Å². The number of ether oxygens (including phenoxy) is 1. The van der Waals surface area contributed by atoms with Gasteiger partial charge in [-0.05, 0) is 24.1 Å². The molecule has 1 atom stereocenters. The van der Waals surface area contributed by atoms with E-state index in [4.69, 9.17) is 4.74 Å². The first-order chi connectivity index (χ1) is 9.56. The molecule has 0 heterocycles. The number of rotatable bonds is 7. The van der Waals surface area contributed by atoms with Crippen LogP contribution in [0.3, 0.4) is 0 Å². The number of carbonyl (C=O) groups is 2. The van der Waals surface area contributed by atoms with Crippen LogP contribution in [0.5, 0.6) is 5.75 Å². The predicted molar refractivity (Wildman–Crippen MR) is 81.2 cm³/mol. The molecule has 1 rings (SSSR count). The summed E-state index contributed by atoms with van der Waals surface area (Å²) in [5, 5.41) is 5.33. The minimum Gasteiger partial charge on any atom is -0.497 e. The zero-order valence-electron chi connectivity index (χ0n) is 11.7. The fraction of sp³-hybridized carbons (Fsp3) is 0.429. The molecule has 110 valence electrons. The van der Waals surface area contributed by atoms with Crippen molar-refractivity contribution < 1.29 is 14.3 Å². The molecule has 0 saturated heterocycles. The standard InChI is InChI=1S/C14H20N2O3S/c1-10(17)16-13(9-20)14(18)15-8-7-11-3-5-12(19-2)6-4-11/h3-6,13,20H,7-9H2,1-2H3,(H,15,18)(H,16,17). The quantitative estimate of drug-likeness (QED) is 0.652. The minimum atomic E-state index is -0.591. The average Bonchev–Trinajstić information content (AvgIpc) is 2.45. The fourth-order valence-electron chi connectivity index (χ4n) is 1.68. The van der Waals surface area contributed by atoms with Crippen LogP contribution in [0.15, 0.2) is 24.3 Å². The number of hydrogen-bond donors (Lipinski definition) is 3. The number of carbonyl (C=O) groups excluding carboxylic acids is 2. The Bertz CT molecular complexity index is 448. The summed E-state index contributed by atoms with van der Waals surface area (Å²) < 4.78 is 5.08. The molecule has 0 fully saturated rings. The van der Waals surface area contributed by atoms with Crippen molar-refractivity contribution in [3.63, 3.8) is 0 Å². The number of hydrogen-bond acceptors (Lipinski definition) is 4. The van der Waals surface area contributed by atoms with Gasteiger partial charge in [0, 0.05) is 19.2 Å². The third-order valence-electron chi connectivity index (χ3n) is 2.75. The molecule has 5 nitrogen and oxygen atoms in total. The number of methoxy groups -OCH3 is 1. The number of amides is 2. The second-order valence-corrected chi connectivity index (χ2v) is 4.69. The van der Waals surface area contributed by atoms with E-state index in [1.165, 1.54) is 6.92 Å². The monoisotopic (exact) mass is 296 g/mol. The molecular formula is C14H20N2O3S. The van der Waals surface area contributed by atoms with Crippen LogP contribution < -0.4 is 15.4 Å². The Hall–Kier alpha value is -1.69. The van der Waals surface area contributed by atoms with Crippen LogP contribution in [0.1, 0.15) is 12.5 Å². The summed E-state index contributed by atoms with van der Waals surface area (Å²) >= 11 is 4.05. The van der Waals surface area contributed by atoms with Crippen LogP contribution in [-0.4, -0.2) is 37.3 Å². The highest BCUT2D eigenvalue weighted by molar-refractivity contribution is 7.80.